The molecule has 128 valence electrons. The molecule has 0 amide bonds. The zero-order valence-corrected chi connectivity index (χ0v) is 14.4. The van der Waals surface area contributed by atoms with Gasteiger partial charge < -0.3 is 9.47 Å². The summed E-state index contributed by atoms with van der Waals surface area (Å²) in [5.74, 6) is 1.81. The zero-order valence-electron chi connectivity index (χ0n) is 14.4. The third-order valence-electron chi connectivity index (χ3n) is 4.67. The number of hydrogen-bond donors (Lipinski definition) is 0. The molecule has 0 radical (unpaired) electrons. The van der Waals surface area contributed by atoms with Crippen molar-refractivity contribution in [3.8, 4) is 22.8 Å². The maximum Gasteiger partial charge on any atom is 0.348 e. The van der Waals surface area contributed by atoms with Crippen molar-refractivity contribution in [1.29, 1.82) is 0 Å². The number of rotatable bonds is 5. The minimum absolute atomic E-state index is 0.217. The van der Waals surface area contributed by atoms with Crippen LogP contribution in [0.3, 0.4) is 0 Å². The van der Waals surface area contributed by atoms with Crippen molar-refractivity contribution in [2.24, 2.45) is 5.92 Å². The minimum Gasteiger partial charge on any atom is -0.493 e. The zero-order chi connectivity index (χ0) is 17.4. The summed E-state index contributed by atoms with van der Waals surface area (Å²) in [4.78, 5) is 17.1. The fourth-order valence-corrected chi connectivity index (χ4v) is 3.15. The molecule has 3 aromatic rings. The van der Waals surface area contributed by atoms with E-state index in [1.807, 2.05) is 42.5 Å². The molecular formula is C20H20N2O3. The molecule has 0 atom stereocenters. The summed E-state index contributed by atoms with van der Waals surface area (Å²) in [6, 6.07) is 13.5. The summed E-state index contributed by atoms with van der Waals surface area (Å²) in [5, 5.41) is 0.893. The second kappa shape index (κ2) is 6.24. The third-order valence-corrected chi connectivity index (χ3v) is 4.67. The molecule has 0 N–H and O–H groups in total. The maximum atomic E-state index is 12.7. The highest BCUT2D eigenvalue weighted by Gasteiger charge is 2.24. The number of aromatic nitrogens is 2. The van der Waals surface area contributed by atoms with Gasteiger partial charge in [0.05, 0.1) is 25.4 Å². The third kappa shape index (κ3) is 2.86. The van der Waals surface area contributed by atoms with E-state index in [0.717, 1.165) is 16.5 Å². The molecule has 5 nitrogen and oxygen atoms in total. The summed E-state index contributed by atoms with van der Waals surface area (Å²) in [7, 11) is 3.21. The lowest BCUT2D eigenvalue weighted by Gasteiger charge is -2.15. The number of nitrogens with zero attached hydrogens (tertiary/aromatic N) is 2. The molecule has 1 aliphatic carbocycles. The molecule has 25 heavy (non-hydrogen) atoms. The molecule has 1 aliphatic rings. The Hall–Kier alpha value is -2.82. The van der Waals surface area contributed by atoms with Gasteiger partial charge in [-0.15, -0.1) is 0 Å². The van der Waals surface area contributed by atoms with Crippen molar-refractivity contribution in [3.05, 3.63) is 52.9 Å². The van der Waals surface area contributed by atoms with Crippen LogP contribution in [0, 0.1) is 5.92 Å². The van der Waals surface area contributed by atoms with Crippen LogP contribution in [0.2, 0.25) is 0 Å². The average Bonchev–Trinajstić information content (AvgIpc) is 3.47. The van der Waals surface area contributed by atoms with Crippen molar-refractivity contribution in [3.63, 3.8) is 0 Å². The highest BCUT2D eigenvalue weighted by Crippen LogP contribution is 2.37. The molecule has 0 unspecified atom stereocenters. The maximum absolute atomic E-state index is 12.7. The van der Waals surface area contributed by atoms with Crippen molar-refractivity contribution >= 4 is 10.9 Å². The lowest BCUT2D eigenvalue weighted by Crippen LogP contribution is -2.25. The fourth-order valence-electron chi connectivity index (χ4n) is 3.15. The van der Waals surface area contributed by atoms with Gasteiger partial charge in [-0.1, -0.05) is 30.3 Å². The second-order valence-electron chi connectivity index (χ2n) is 6.39. The van der Waals surface area contributed by atoms with E-state index in [-0.39, 0.29) is 5.69 Å². The van der Waals surface area contributed by atoms with Gasteiger partial charge in [0.15, 0.2) is 11.5 Å². The van der Waals surface area contributed by atoms with Gasteiger partial charge in [-0.3, -0.25) is 4.57 Å². The number of ether oxygens (including phenoxy) is 2. The minimum atomic E-state index is -0.217. The van der Waals surface area contributed by atoms with E-state index in [2.05, 4.69) is 4.98 Å². The lowest BCUT2D eigenvalue weighted by atomic mass is 10.1. The monoisotopic (exact) mass is 336 g/mol. The normalized spacial score (nSPS) is 13.8. The predicted molar refractivity (Wildman–Crippen MR) is 97.3 cm³/mol. The molecule has 0 bridgehead atoms. The van der Waals surface area contributed by atoms with Gasteiger partial charge in [0.2, 0.25) is 0 Å². The Morgan fingerprint density at radius 3 is 2.40 bits per heavy atom. The second-order valence-corrected chi connectivity index (χ2v) is 6.39. The van der Waals surface area contributed by atoms with E-state index in [4.69, 9.17) is 9.47 Å². The van der Waals surface area contributed by atoms with Crippen molar-refractivity contribution < 1.29 is 9.47 Å². The first-order valence-corrected chi connectivity index (χ1v) is 8.43. The molecule has 1 aromatic heterocycles. The Morgan fingerprint density at radius 1 is 1.08 bits per heavy atom. The van der Waals surface area contributed by atoms with Crippen LogP contribution in [0.5, 0.6) is 11.5 Å². The first-order chi connectivity index (χ1) is 12.2. The molecule has 1 saturated carbocycles. The molecule has 1 heterocycles. The Kier molecular flexibility index (Phi) is 3.92. The molecule has 4 rings (SSSR count). The Bertz CT molecular complexity index is 976. The molecular weight excluding hydrogens is 316 g/mol. The van der Waals surface area contributed by atoms with E-state index in [1.165, 1.54) is 12.8 Å². The van der Waals surface area contributed by atoms with Crippen LogP contribution < -0.4 is 15.2 Å². The van der Waals surface area contributed by atoms with Crippen molar-refractivity contribution in [2.75, 3.05) is 14.2 Å². The summed E-state index contributed by atoms with van der Waals surface area (Å²) in [5.41, 5.74) is 2.21. The van der Waals surface area contributed by atoms with Gasteiger partial charge in [-0.05, 0) is 24.8 Å². The summed E-state index contributed by atoms with van der Waals surface area (Å²) in [6.07, 6.45) is 2.34. The van der Waals surface area contributed by atoms with Crippen LogP contribution in [0.15, 0.2) is 47.3 Å². The van der Waals surface area contributed by atoms with Gasteiger partial charge in [0.1, 0.15) is 0 Å². The quantitative estimate of drug-likeness (QED) is 0.716. The van der Waals surface area contributed by atoms with E-state index >= 15 is 0 Å². The van der Waals surface area contributed by atoms with E-state index in [1.54, 1.807) is 18.8 Å². The summed E-state index contributed by atoms with van der Waals surface area (Å²) in [6.45, 7) is 0.701. The molecule has 2 aromatic carbocycles. The molecule has 0 spiro atoms. The van der Waals surface area contributed by atoms with Crippen LogP contribution in [0.25, 0.3) is 22.2 Å². The van der Waals surface area contributed by atoms with Crippen LogP contribution in [-0.4, -0.2) is 23.8 Å². The van der Waals surface area contributed by atoms with Gasteiger partial charge >= 0.3 is 5.69 Å². The lowest BCUT2D eigenvalue weighted by molar-refractivity contribution is 0.355. The fraction of sp³-hybridized carbons (Fsp3) is 0.300. The van der Waals surface area contributed by atoms with Gasteiger partial charge in [-0.2, -0.15) is 4.98 Å². The first-order valence-electron chi connectivity index (χ1n) is 8.43. The van der Waals surface area contributed by atoms with Gasteiger partial charge in [0.25, 0.3) is 0 Å². The van der Waals surface area contributed by atoms with Crippen LogP contribution >= 0.6 is 0 Å². The molecule has 5 heteroatoms. The topological polar surface area (TPSA) is 53.3 Å². The van der Waals surface area contributed by atoms with Crippen LogP contribution in [-0.2, 0) is 6.54 Å². The van der Waals surface area contributed by atoms with Gasteiger partial charge in [-0.25, -0.2) is 4.79 Å². The highest BCUT2D eigenvalue weighted by atomic mass is 16.5. The molecule has 0 aliphatic heterocycles. The van der Waals surface area contributed by atoms with Crippen molar-refractivity contribution in [2.45, 2.75) is 19.4 Å². The number of benzene rings is 2. The van der Waals surface area contributed by atoms with Crippen molar-refractivity contribution in [1.82, 2.24) is 9.55 Å². The van der Waals surface area contributed by atoms with Crippen LogP contribution in [0.1, 0.15) is 12.8 Å². The highest BCUT2D eigenvalue weighted by molar-refractivity contribution is 5.94. The Labute approximate surface area is 145 Å². The molecule has 0 saturated heterocycles. The Balaban J connectivity index is 2.04. The number of hydrogen-bond acceptors (Lipinski definition) is 4. The number of methoxy groups -OCH3 is 2. The smallest absolute Gasteiger partial charge is 0.348 e. The predicted octanol–water partition coefficient (Wildman–Crippen LogP) is 3.49. The first kappa shape index (κ1) is 15.7. The standard InChI is InChI=1S/C20H20N2O3/c1-24-17-10-15-16(11-18(17)25-2)22(12-13-8-9-13)20(23)21-19(15)14-6-4-3-5-7-14/h3-7,10-11,13H,8-9,12H2,1-2H3. The van der Waals surface area contributed by atoms with Gasteiger partial charge in [0, 0.05) is 23.6 Å². The summed E-state index contributed by atoms with van der Waals surface area (Å²) >= 11 is 0. The Morgan fingerprint density at radius 2 is 1.76 bits per heavy atom. The number of fused-ring (bicyclic) bond motifs is 1. The SMILES string of the molecule is COc1cc2c(-c3ccccc3)nc(=O)n(CC3CC3)c2cc1OC. The average molecular weight is 336 g/mol. The largest absolute Gasteiger partial charge is 0.493 e. The van der Waals surface area contributed by atoms with Crippen LogP contribution in [0.4, 0.5) is 0 Å². The van der Waals surface area contributed by atoms with E-state index in [9.17, 15) is 4.79 Å². The molecule has 1 fully saturated rings. The van der Waals surface area contributed by atoms with E-state index < -0.39 is 0 Å². The van der Waals surface area contributed by atoms with E-state index in [0.29, 0.717) is 29.7 Å². The summed E-state index contributed by atoms with van der Waals surface area (Å²) < 4.78 is 12.7.